The van der Waals surface area contributed by atoms with Gasteiger partial charge in [0, 0.05) is 12.1 Å². The fourth-order valence-electron chi connectivity index (χ4n) is 1.65. The lowest BCUT2D eigenvalue weighted by Crippen LogP contribution is -1.98. The van der Waals surface area contributed by atoms with Crippen LogP contribution in [0.15, 0.2) is 36.4 Å². The number of hydrogen-bond acceptors (Lipinski definition) is 4. The second-order valence-electron chi connectivity index (χ2n) is 4.26. The Balaban J connectivity index is 2.36. The zero-order valence-corrected chi connectivity index (χ0v) is 11.6. The second-order valence-corrected chi connectivity index (χ2v) is 4.67. The Labute approximate surface area is 124 Å². The minimum atomic E-state index is -1.07. The van der Waals surface area contributed by atoms with Crippen molar-refractivity contribution in [2.75, 3.05) is 0 Å². The summed E-state index contributed by atoms with van der Waals surface area (Å²) in [5, 5.41) is 19.7. The van der Waals surface area contributed by atoms with E-state index in [-0.39, 0.29) is 22.0 Å². The van der Waals surface area contributed by atoms with Crippen LogP contribution in [-0.4, -0.2) is 16.0 Å². The molecule has 0 aliphatic carbocycles. The first-order chi connectivity index (χ1) is 9.88. The molecule has 2 aromatic carbocycles. The summed E-state index contributed by atoms with van der Waals surface area (Å²) in [7, 11) is 0. The lowest BCUT2D eigenvalue weighted by molar-refractivity contribution is -0.384. The number of benzene rings is 2. The molecule has 7 heteroatoms. The number of aryl methyl sites for hydroxylation is 1. The lowest BCUT2D eigenvalue weighted by Gasteiger charge is -2.10. The van der Waals surface area contributed by atoms with E-state index in [9.17, 15) is 14.9 Å². The van der Waals surface area contributed by atoms with Crippen LogP contribution >= 0.6 is 11.6 Å². The van der Waals surface area contributed by atoms with Gasteiger partial charge in [-0.15, -0.1) is 0 Å². The number of rotatable bonds is 4. The quantitative estimate of drug-likeness (QED) is 0.680. The highest BCUT2D eigenvalue weighted by atomic mass is 35.5. The van der Waals surface area contributed by atoms with Gasteiger partial charge in [0.15, 0.2) is 0 Å². The molecule has 0 aliphatic heterocycles. The van der Waals surface area contributed by atoms with Crippen LogP contribution < -0.4 is 4.74 Å². The topological polar surface area (TPSA) is 89.7 Å². The molecule has 0 saturated carbocycles. The average molecular weight is 308 g/mol. The maximum atomic E-state index is 10.9. The Bertz CT molecular complexity index is 729. The van der Waals surface area contributed by atoms with Gasteiger partial charge < -0.3 is 9.84 Å². The maximum Gasteiger partial charge on any atom is 0.335 e. The van der Waals surface area contributed by atoms with Crippen molar-refractivity contribution in [2.24, 2.45) is 0 Å². The normalized spacial score (nSPS) is 10.2. The SMILES string of the molecule is Cc1ccc(C(=O)O)cc1Oc1ccc([N+](=O)[O-])cc1Cl. The molecule has 0 spiro atoms. The third-order valence-electron chi connectivity index (χ3n) is 2.78. The molecule has 0 radical (unpaired) electrons. The van der Waals surface area contributed by atoms with Gasteiger partial charge in [-0.05, 0) is 30.7 Å². The average Bonchev–Trinajstić information content (AvgIpc) is 2.42. The summed E-state index contributed by atoms with van der Waals surface area (Å²) in [6.45, 7) is 1.75. The third-order valence-corrected chi connectivity index (χ3v) is 3.08. The van der Waals surface area contributed by atoms with Crippen LogP contribution in [0, 0.1) is 17.0 Å². The van der Waals surface area contributed by atoms with Crippen molar-refractivity contribution >= 4 is 23.3 Å². The van der Waals surface area contributed by atoms with Gasteiger partial charge >= 0.3 is 5.97 Å². The van der Waals surface area contributed by atoms with E-state index >= 15 is 0 Å². The van der Waals surface area contributed by atoms with Gasteiger partial charge in [-0.3, -0.25) is 10.1 Å². The van der Waals surface area contributed by atoms with Crippen LogP contribution in [0.5, 0.6) is 11.5 Å². The van der Waals surface area contributed by atoms with Crippen molar-refractivity contribution < 1.29 is 19.6 Å². The van der Waals surface area contributed by atoms with Crippen molar-refractivity contribution in [3.8, 4) is 11.5 Å². The van der Waals surface area contributed by atoms with E-state index in [2.05, 4.69) is 0 Å². The Morgan fingerprint density at radius 3 is 2.52 bits per heavy atom. The summed E-state index contributed by atoms with van der Waals surface area (Å²) in [6, 6.07) is 8.24. The van der Waals surface area contributed by atoms with Crippen LogP contribution in [-0.2, 0) is 0 Å². The molecule has 21 heavy (non-hydrogen) atoms. The zero-order valence-electron chi connectivity index (χ0n) is 10.9. The summed E-state index contributed by atoms with van der Waals surface area (Å²) in [6.07, 6.45) is 0. The minimum absolute atomic E-state index is 0.0735. The van der Waals surface area contributed by atoms with E-state index in [1.165, 1.54) is 30.3 Å². The monoisotopic (exact) mass is 307 g/mol. The van der Waals surface area contributed by atoms with Gasteiger partial charge in [-0.2, -0.15) is 0 Å². The number of carboxylic acids is 1. The smallest absolute Gasteiger partial charge is 0.335 e. The first-order valence-electron chi connectivity index (χ1n) is 5.84. The van der Waals surface area contributed by atoms with E-state index in [1.807, 2.05) is 0 Å². The summed E-state index contributed by atoms with van der Waals surface area (Å²) in [5.41, 5.74) is 0.645. The summed E-state index contributed by atoms with van der Waals surface area (Å²) in [5.74, 6) is -0.534. The van der Waals surface area contributed by atoms with E-state index in [0.29, 0.717) is 5.75 Å². The molecule has 1 N–H and O–H groups in total. The van der Waals surface area contributed by atoms with Gasteiger partial charge in [0.2, 0.25) is 0 Å². The molecular weight excluding hydrogens is 298 g/mol. The van der Waals surface area contributed by atoms with Gasteiger partial charge in [0.1, 0.15) is 11.5 Å². The van der Waals surface area contributed by atoms with E-state index in [0.717, 1.165) is 5.56 Å². The standard InChI is InChI=1S/C14H10ClNO5/c1-8-2-3-9(14(17)18)6-13(8)21-12-5-4-10(16(19)20)7-11(12)15/h2-7H,1H3,(H,17,18). The molecular formula is C14H10ClNO5. The number of hydrogen-bond donors (Lipinski definition) is 1. The summed E-state index contributed by atoms with van der Waals surface area (Å²) in [4.78, 5) is 21.0. The van der Waals surface area contributed by atoms with Crippen LogP contribution in [0.3, 0.4) is 0 Å². The van der Waals surface area contributed by atoms with E-state index in [4.69, 9.17) is 21.4 Å². The zero-order chi connectivity index (χ0) is 15.6. The predicted octanol–water partition coefficient (Wildman–Crippen LogP) is 4.05. The molecule has 0 bridgehead atoms. The molecule has 0 saturated heterocycles. The number of nitro groups is 1. The van der Waals surface area contributed by atoms with E-state index in [1.54, 1.807) is 13.0 Å². The summed E-state index contributed by atoms with van der Waals surface area (Å²) < 4.78 is 5.55. The van der Waals surface area contributed by atoms with Crippen LogP contribution in [0.1, 0.15) is 15.9 Å². The number of non-ortho nitro benzene ring substituents is 1. The molecule has 2 rings (SSSR count). The van der Waals surface area contributed by atoms with Gasteiger partial charge in [-0.1, -0.05) is 17.7 Å². The highest BCUT2D eigenvalue weighted by Gasteiger charge is 2.13. The highest BCUT2D eigenvalue weighted by molar-refractivity contribution is 6.32. The second kappa shape index (κ2) is 5.80. The Hall–Kier alpha value is -2.60. The molecule has 0 amide bonds. The fraction of sp³-hybridized carbons (Fsp3) is 0.0714. The number of nitrogens with zero attached hydrogens (tertiary/aromatic N) is 1. The molecule has 0 aromatic heterocycles. The van der Waals surface area contributed by atoms with Crippen LogP contribution in [0.2, 0.25) is 5.02 Å². The maximum absolute atomic E-state index is 10.9. The molecule has 0 aliphatic rings. The number of nitro benzene ring substituents is 1. The number of carbonyl (C=O) groups is 1. The predicted molar refractivity (Wildman–Crippen MR) is 76.3 cm³/mol. The van der Waals surface area contributed by atoms with Crippen molar-refractivity contribution in [1.82, 2.24) is 0 Å². The Morgan fingerprint density at radius 2 is 1.95 bits per heavy atom. The number of ether oxygens (including phenoxy) is 1. The van der Waals surface area contributed by atoms with Crippen LogP contribution in [0.4, 0.5) is 5.69 Å². The number of aromatic carboxylic acids is 1. The Kier molecular flexibility index (Phi) is 4.09. The van der Waals surface area contributed by atoms with Crippen molar-refractivity contribution in [1.29, 1.82) is 0 Å². The number of carboxylic acid groups (broad SMARTS) is 1. The molecule has 0 unspecified atom stereocenters. The van der Waals surface area contributed by atoms with Gasteiger partial charge in [0.25, 0.3) is 5.69 Å². The van der Waals surface area contributed by atoms with E-state index < -0.39 is 10.9 Å². The van der Waals surface area contributed by atoms with Crippen molar-refractivity contribution in [2.45, 2.75) is 6.92 Å². The molecule has 2 aromatic rings. The largest absolute Gasteiger partial charge is 0.478 e. The third kappa shape index (κ3) is 3.29. The molecule has 0 fully saturated rings. The van der Waals surface area contributed by atoms with Gasteiger partial charge in [0.05, 0.1) is 15.5 Å². The highest BCUT2D eigenvalue weighted by Crippen LogP contribution is 2.34. The fourth-order valence-corrected chi connectivity index (χ4v) is 1.86. The van der Waals surface area contributed by atoms with Crippen LogP contribution in [0.25, 0.3) is 0 Å². The first-order valence-corrected chi connectivity index (χ1v) is 6.22. The first kappa shape index (κ1) is 14.8. The van der Waals surface area contributed by atoms with Crippen molar-refractivity contribution in [3.05, 3.63) is 62.7 Å². The molecule has 6 nitrogen and oxygen atoms in total. The minimum Gasteiger partial charge on any atom is -0.478 e. The van der Waals surface area contributed by atoms with Crippen molar-refractivity contribution in [3.63, 3.8) is 0 Å². The molecule has 0 atom stereocenters. The summed E-state index contributed by atoms with van der Waals surface area (Å²) >= 11 is 5.93. The molecule has 108 valence electrons. The number of halogens is 1. The van der Waals surface area contributed by atoms with Gasteiger partial charge in [-0.25, -0.2) is 4.79 Å². The molecule has 0 heterocycles. The lowest BCUT2D eigenvalue weighted by atomic mass is 10.1. The Morgan fingerprint density at radius 1 is 1.24 bits per heavy atom.